The first-order valence-corrected chi connectivity index (χ1v) is 24.2. The third-order valence-corrected chi connectivity index (χ3v) is 15.8. The molecule has 0 spiro atoms. The molecule has 7 fully saturated rings. The Hall–Kier alpha value is -6.40. The molecule has 17 nitrogen and oxygen atoms in total. The molecule has 8 aliphatic rings. The predicted octanol–water partition coefficient (Wildman–Crippen LogP) is 4.66. The first-order valence-electron chi connectivity index (χ1n) is 24.2. The monoisotopic (exact) mass is 969 g/mol. The number of hydrogen-bond donors (Lipinski definition) is 4. The van der Waals surface area contributed by atoms with Gasteiger partial charge < -0.3 is 30.5 Å². The summed E-state index contributed by atoms with van der Waals surface area (Å²) in [4.78, 5) is 80.1. The third-order valence-electron chi connectivity index (χ3n) is 15.8. The van der Waals surface area contributed by atoms with Crippen molar-refractivity contribution in [3.63, 3.8) is 0 Å². The number of nitriles is 1. The normalized spacial score (nSPS) is 26.8. The van der Waals surface area contributed by atoms with Gasteiger partial charge in [-0.25, -0.2) is 9.37 Å². The summed E-state index contributed by atoms with van der Waals surface area (Å²) in [5.74, 6) is -1.03. The summed E-state index contributed by atoms with van der Waals surface area (Å²) < 4.78 is 58.6. The zero-order valence-corrected chi connectivity index (χ0v) is 38.5. The van der Waals surface area contributed by atoms with Gasteiger partial charge in [-0.3, -0.25) is 39.1 Å². The highest BCUT2D eigenvalue weighted by atomic mass is 19.4. The summed E-state index contributed by atoms with van der Waals surface area (Å²) in [7, 11) is 0. The van der Waals surface area contributed by atoms with Crippen molar-refractivity contribution in [1.29, 1.82) is 5.26 Å². The van der Waals surface area contributed by atoms with E-state index < -0.39 is 41.9 Å². The number of fused-ring (bicyclic) bond motifs is 1. The molecular formula is C49H55F4N11O6. The van der Waals surface area contributed by atoms with Gasteiger partial charge in [-0.1, -0.05) is 18.2 Å². The fraction of sp³-hybridized carbons (Fsp3) is 0.551. The van der Waals surface area contributed by atoms with Crippen LogP contribution in [0.4, 0.5) is 35.0 Å². The number of imide groups is 2. The number of benzene rings is 2. The summed E-state index contributed by atoms with van der Waals surface area (Å²) >= 11 is 0. The Labute approximate surface area is 401 Å². The fourth-order valence-electron chi connectivity index (χ4n) is 12.7. The SMILES string of the molecule is N#Cc1cnc(NCc2ccccc2OC(F)(F)F)nc1NCC12CC3C[C@H](C1)C(NCC(=O)N1CCC(CN4CCN(c5cc6c(cc5F)C(=O)N(C5CCC(=O)NC5=O)C6=O)CC4)CC1)[C@@H](C3)C2. The number of hydrogen-bond acceptors (Lipinski definition) is 14. The molecule has 5 amide bonds. The van der Waals surface area contributed by atoms with E-state index in [1.54, 1.807) is 6.07 Å². The van der Waals surface area contributed by atoms with Crippen molar-refractivity contribution < 1.29 is 46.3 Å². The Morgan fingerprint density at radius 3 is 2.34 bits per heavy atom. The number of halogens is 4. The first kappa shape index (κ1) is 47.3. The third kappa shape index (κ3) is 9.71. The van der Waals surface area contributed by atoms with E-state index in [2.05, 4.69) is 46.9 Å². The van der Waals surface area contributed by atoms with E-state index >= 15 is 4.39 Å². The minimum Gasteiger partial charge on any atom is -0.405 e. The van der Waals surface area contributed by atoms with E-state index in [1.807, 2.05) is 9.80 Å². The molecular weight excluding hydrogens is 915 g/mol. The molecule has 6 atom stereocenters. The summed E-state index contributed by atoms with van der Waals surface area (Å²) in [5.41, 5.74) is 0.754. The lowest BCUT2D eigenvalue weighted by Gasteiger charge is -2.60. The van der Waals surface area contributed by atoms with Gasteiger partial charge in [0.05, 0.1) is 29.6 Å². The molecule has 70 heavy (non-hydrogen) atoms. The highest BCUT2D eigenvalue weighted by Crippen LogP contribution is 2.60. The first-order chi connectivity index (χ1) is 33.6. The number of ether oxygens (including phenoxy) is 1. The molecule has 3 saturated heterocycles. The molecule has 2 aromatic carbocycles. The number of carbonyl (C=O) groups excluding carboxylic acids is 5. The molecule has 4 bridgehead atoms. The number of nitrogens with zero attached hydrogens (tertiary/aromatic N) is 7. The summed E-state index contributed by atoms with van der Waals surface area (Å²) in [5, 5.41) is 22.2. The quantitative estimate of drug-likeness (QED) is 0.128. The standard InChI is InChI=1S/C49H55F4N11O6/c50-36-17-34-35(46(69)64(45(34)68)37-5-6-40(65)59-44(37)67)18-38(36)62-13-11-61(12-14-62)26-28-7-9-63(10-8-28)41(66)25-55-42-31-15-29-16-32(42)21-48(19-29,20-31)27-58-43-33(22-54)24-57-47(60-43)56-23-30-3-1-2-4-39(30)70-49(51,52)53/h1-4,17-18,24,28-29,31-32,37,42,55H,5-16,19-21,23,25-27H2,(H,59,65,67)(H2,56,57,58,60)/t29?,31-,32+,37?,42?,48?. The van der Waals surface area contributed by atoms with Crippen molar-refractivity contribution in [3.05, 3.63) is 70.7 Å². The lowest BCUT2D eigenvalue weighted by atomic mass is 9.48. The number of para-hydroxylation sites is 1. The van der Waals surface area contributed by atoms with Crippen molar-refractivity contribution in [3.8, 4) is 11.8 Å². The number of nitrogens with one attached hydrogen (secondary N) is 4. The Bertz CT molecular complexity index is 2600. The highest BCUT2D eigenvalue weighted by Gasteiger charge is 2.55. The van der Waals surface area contributed by atoms with Gasteiger partial charge in [0.1, 0.15) is 35.1 Å². The average Bonchev–Trinajstić information content (AvgIpc) is 3.56. The van der Waals surface area contributed by atoms with Crippen molar-refractivity contribution in [2.75, 3.05) is 74.4 Å². The van der Waals surface area contributed by atoms with Crippen molar-refractivity contribution in [2.24, 2.45) is 29.1 Å². The second-order valence-corrected chi connectivity index (χ2v) is 20.2. The van der Waals surface area contributed by atoms with Crippen LogP contribution in [-0.4, -0.2) is 132 Å². The van der Waals surface area contributed by atoms with Crippen LogP contribution in [0.1, 0.15) is 89.6 Å². The topological polar surface area (TPSA) is 205 Å². The summed E-state index contributed by atoms with van der Waals surface area (Å²) in [6, 6.07) is 9.60. The minimum atomic E-state index is -4.83. The second-order valence-electron chi connectivity index (χ2n) is 20.2. The maximum atomic E-state index is 15.5. The number of anilines is 3. The lowest BCUT2D eigenvalue weighted by molar-refractivity contribution is -0.274. The van der Waals surface area contributed by atoms with Gasteiger partial charge in [-0.2, -0.15) is 10.2 Å². The van der Waals surface area contributed by atoms with Crippen molar-refractivity contribution in [1.82, 2.24) is 35.3 Å². The van der Waals surface area contributed by atoms with Crippen LogP contribution in [0.3, 0.4) is 0 Å². The van der Waals surface area contributed by atoms with Crippen LogP contribution in [0.15, 0.2) is 42.6 Å². The van der Waals surface area contributed by atoms with Crippen LogP contribution >= 0.6 is 0 Å². The summed E-state index contributed by atoms with van der Waals surface area (Å²) in [6.07, 6.45) is 3.64. The maximum Gasteiger partial charge on any atom is 0.573 e. The van der Waals surface area contributed by atoms with Gasteiger partial charge in [0, 0.05) is 76.9 Å². The number of alkyl halides is 3. The van der Waals surface area contributed by atoms with E-state index in [4.69, 9.17) is 0 Å². The highest BCUT2D eigenvalue weighted by molar-refractivity contribution is 6.23. The molecule has 4 aliphatic carbocycles. The van der Waals surface area contributed by atoms with Crippen LogP contribution in [0.2, 0.25) is 0 Å². The fourth-order valence-corrected chi connectivity index (χ4v) is 12.7. The van der Waals surface area contributed by atoms with Gasteiger partial charge in [-0.05, 0) is 98.7 Å². The number of piperazine rings is 1. The van der Waals surface area contributed by atoms with Gasteiger partial charge in [0.15, 0.2) is 0 Å². The predicted molar refractivity (Wildman–Crippen MR) is 244 cm³/mol. The van der Waals surface area contributed by atoms with Gasteiger partial charge in [0.2, 0.25) is 23.7 Å². The molecule has 4 aliphatic heterocycles. The Balaban J connectivity index is 0.666. The van der Waals surface area contributed by atoms with Crippen molar-refractivity contribution >= 4 is 47.0 Å². The number of amides is 5. The van der Waals surface area contributed by atoms with Gasteiger partial charge in [0.25, 0.3) is 11.8 Å². The smallest absolute Gasteiger partial charge is 0.405 e. The van der Waals surface area contributed by atoms with E-state index in [-0.39, 0.29) is 76.4 Å². The molecule has 3 aromatic rings. The number of likely N-dealkylation sites (tertiary alicyclic amines) is 1. The van der Waals surface area contributed by atoms with E-state index in [9.17, 15) is 42.4 Å². The molecule has 11 rings (SSSR count). The van der Waals surface area contributed by atoms with E-state index in [0.29, 0.717) is 81.8 Å². The minimum absolute atomic E-state index is 0.000247. The molecule has 0 radical (unpaired) electrons. The molecule has 4 unspecified atom stereocenters. The molecule has 4 saturated carbocycles. The molecule has 1 aromatic heterocycles. The average molecular weight is 970 g/mol. The van der Waals surface area contributed by atoms with Crippen LogP contribution in [0.5, 0.6) is 5.75 Å². The van der Waals surface area contributed by atoms with Gasteiger partial charge >= 0.3 is 6.36 Å². The van der Waals surface area contributed by atoms with E-state index in [0.717, 1.165) is 62.5 Å². The molecule has 21 heteroatoms. The Morgan fingerprint density at radius 1 is 0.929 bits per heavy atom. The van der Waals surface area contributed by atoms with Crippen molar-refractivity contribution in [2.45, 2.75) is 82.8 Å². The molecule has 4 N–H and O–H groups in total. The summed E-state index contributed by atoms with van der Waals surface area (Å²) in [6.45, 7) is 5.54. The Kier molecular flexibility index (Phi) is 12.9. The van der Waals surface area contributed by atoms with Crippen LogP contribution < -0.4 is 30.9 Å². The van der Waals surface area contributed by atoms with E-state index in [1.165, 1.54) is 30.5 Å². The number of rotatable bonds is 14. The maximum absolute atomic E-state index is 15.5. The van der Waals surface area contributed by atoms with Crippen LogP contribution in [-0.2, 0) is 20.9 Å². The van der Waals surface area contributed by atoms with Gasteiger partial charge in [-0.15, -0.1) is 13.2 Å². The largest absolute Gasteiger partial charge is 0.573 e. The number of carbonyl (C=O) groups is 5. The second kappa shape index (κ2) is 19.1. The molecule has 370 valence electrons. The number of piperidine rings is 2. The molecule has 5 heterocycles. The zero-order valence-electron chi connectivity index (χ0n) is 38.5. The zero-order chi connectivity index (χ0) is 48.9. The number of aromatic nitrogens is 2. The van der Waals surface area contributed by atoms with Crippen LogP contribution in [0.25, 0.3) is 0 Å². The Morgan fingerprint density at radius 2 is 1.64 bits per heavy atom. The lowest BCUT2D eigenvalue weighted by Crippen LogP contribution is -2.60. The van der Waals surface area contributed by atoms with Crippen LogP contribution in [0, 0.1) is 46.2 Å².